The van der Waals surface area contributed by atoms with Gasteiger partial charge in [0.15, 0.2) is 0 Å². The first-order valence-corrected chi connectivity index (χ1v) is 7.86. The lowest BCUT2D eigenvalue weighted by atomic mass is 10.2. The largest absolute Gasteiger partial charge is 0.399 e. The maximum atomic E-state index is 12.4. The van der Waals surface area contributed by atoms with E-state index in [2.05, 4.69) is 14.7 Å². The third-order valence-corrected chi connectivity index (χ3v) is 4.75. The van der Waals surface area contributed by atoms with Gasteiger partial charge in [-0.2, -0.15) is 0 Å². The molecule has 0 bridgehead atoms. The van der Waals surface area contributed by atoms with Gasteiger partial charge in [-0.1, -0.05) is 18.5 Å². The summed E-state index contributed by atoms with van der Waals surface area (Å²) in [6.07, 6.45) is 3.76. The van der Waals surface area contributed by atoms with Crippen molar-refractivity contribution in [1.29, 1.82) is 0 Å². The van der Waals surface area contributed by atoms with Gasteiger partial charge in [-0.05, 0) is 24.6 Å². The van der Waals surface area contributed by atoms with Gasteiger partial charge in [0.2, 0.25) is 10.0 Å². The van der Waals surface area contributed by atoms with Gasteiger partial charge in [0.25, 0.3) is 0 Å². The maximum Gasteiger partial charge on any atom is 0.242 e. The van der Waals surface area contributed by atoms with E-state index in [0.29, 0.717) is 17.9 Å². The fraction of sp³-hybridized carbons (Fsp3) is 0.250. The Bertz CT molecular complexity index is 685. The summed E-state index contributed by atoms with van der Waals surface area (Å²) in [5, 5.41) is 0.126. The number of nitrogens with zero attached hydrogens (tertiary/aromatic N) is 1. The molecule has 2 aromatic rings. The van der Waals surface area contributed by atoms with Crippen LogP contribution in [0.1, 0.15) is 25.2 Å². The number of nitrogens with two attached hydrogens (primary N) is 1. The van der Waals surface area contributed by atoms with E-state index >= 15 is 0 Å². The first-order valence-electron chi connectivity index (χ1n) is 6.00. The number of H-pyrrole nitrogens is 1. The monoisotopic (exact) mass is 314 g/mol. The first-order chi connectivity index (χ1) is 9.44. The highest BCUT2D eigenvalue weighted by Crippen LogP contribution is 2.25. The molecule has 20 heavy (non-hydrogen) atoms. The summed E-state index contributed by atoms with van der Waals surface area (Å²) in [5.74, 6) is 0.552. The molecule has 2 rings (SSSR count). The van der Waals surface area contributed by atoms with Crippen LogP contribution in [0.15, 0.2) is 35.5 Å². The van der Waals surface area contributed by atoms with Crippen molar-refractivity contribution in [2.45, 2.75) is 24.3 Å². The molecule has 6 nitrogen and oxygen atoms in total. The Kier molecular flexibility index (Phi) is 4.32. The minimum absolute atomic E-state index is 0.0378. The van der Waals surface area contributed by atoms with Crippen LogP contribution in [0.4, 0.5) is 5.69 Å². The summed E-state index contributed by atoms with van der Waals surface area (Å²) in [5.41, 5.74) is 5.95. The van der Waals surface area contributed by atoms with E-state index in [4.69, 9.17) is 17.3 Å². The van der Waals surface area contributed by atoms with Crippen molar-refractivity contribution in [3.63, 3.8) is 0 Å². The summed E-state index contributed by atoms with van der Waals surface area (Å²) >= 11 is 5.93. The van der Waals surface area contributed by atoms with Crippen LogP contribution in [-0.2, 0) is 10.0 Å². The Hall–Kier alpha value is -1.57. The van der Waals surface area contributed by atoms with Crippen LogP contribution < -0.4 is 10.5 Å². The van der Waals surface area contributed by atoms with Crippen LogP contribution in [0.3, 0.4) is 0 Å². The van der Waals surface area contributed by atoms with Crippen molar-refractivity contribution in [2.24, 2.45) is 0 Å². The van der Waals surface area contributed by atoms with Gasteiger partial charge in [0, 0.05) is 18.1 Å². The van der Waals surface area contributed by atoms with Crippen LogP contribution in [0.5, 0.6) is 0 Å². The number of nitrogens with one attached hydrogen (secondary N) is 2. The predicted octanol–water partition coefficient (Wildman–Crippen LogP) is 2.07. The van der Waals surface area contributed by atoms with Gasteiger partial charge >= 0.3 is 0 Å². The van der Waals surface area contributed by atoms with E-state index in [1.807, 2.05) is 6.92 Å². The van der Waals surface area contributed by atoms with E-state index in [-0.39, 0.29) is 9.92 Å². The molecule has 1 aromatic carbocycles. The molecule has 1 aromatic heterocycles. The Morgan fingerprint density at radius 1 is 1.50 bits per heavy atom. The normalized spacial score (nSPS) is 13.3. The minimum atomic E-state index is -3.77. The molecule has 0 fully saturated rings. The van der Waals surface area contributed by atoms with Gasteiger partial charge in [-0.15, -0.1) is 0 Å². The summed E-state index contributed by atoms with van der Waals surface area (Å²) < 4.78 is 27.3. The maximum absolute atomic E-state index is 12.4. The molecule has 0 aliphatic rings. The van der Waals surface area contributed by atoms with Crippen molar-refractivity contribution in [2.75, 3.05) is 5.73 Å². The number of imidazole rings is 1. The molecular formula is C12H15ClN4O2S. The molecule has 0 spiro atoms. The summed E-state index contributed by atoms with van der Waals surface area (Å²) in [6, 6.07) is 3.89. The number of halogens is 1. The van der Waals surface area contributed by atoms with Crippen LogP contribution in [0, 0.1) is 0 Å². The van der Waals surface area contributed by atoms with Crippen LogP contribution in [0.2, 0.25) is 5.02 Å². The van der Waals surface area contributed by atoms with Crippen molar-refractivity contribution in [3.8, 4) is 0 Å². The molecule has 108 valence electrons. The molecular weight excluding hydrogens is 300 g/mol. The second-order valence-corrected chi connectivity index (χ2v) is 6.34. The smallest absolute Gasteiger partial charge is 0.242 e. The Morgan fingerprint density at radius 3 is 2.85 bits per heavy atom. The summed E-state index contributed by atoms with van der Waals surface area (Å²) in [4.78, 5) is 6.92. The highest BCUT2D eigenvalue weighted by atomic mass is 35.5. The number of rotatable bonds is 5. The van der Waals surface area contributed by atoms with E-state index < -0.39 is 16.1 Å². The predicted molar refractivity (Wildman–Crippen MR) is 77.8 cm³/mol. The molecule has 1 heterocycles. The third-order valence-electron chi connectivity index (χ3n) is 2.80. The number of hydrogen-bond acceptors (Lipinski definition) is 4. The minimum Gasteiger partial charge on any atom is -0.399 e. The Morgan fingerprint density at radius 2 is 2.25 bits per heavy atom. The molecule has 0 amide bonds. The van der Waals surface area contributed by atoms with Gasteiger partial charge in [-0.25, -0.2) is 18.1 Å². The highest BCUT2D eigenvalue weighted by molar-refractivity contribution is 7.89. The van der Waals surface area contributed by atoms with Gasteiger partial charge < -0.3 is 10.7 Å². The SMILES string of the molecule is CCC(NS(=O)(=O)c1cc(N)ccc1Cl)c1ncc[nH]1. The summed E-state index contributed by atoms with van der Waals surface area (Å²) in [7, 11) is -3.77. The molecule has 4 N–H and O–H groups in total. The molecule has 1 unspecified atom stereocenters. The zero-order valence-electron chi connectivity index (χ0n) is 10.8. The average Bonchev–Trinajstić information content (AvgIpc) is 2.92. The summed E-state index contributed by atoms with van der Waals surface area (Å²) in [6.45, 7) is 1.86. The quantitative estimate of drug-likeness (QED) is 0.735. The zero-order chi connectivity index (χ0) is 14.8. The van der Waals surface area contributed by atoms with Gasteiger partial charge in [0.05, 0.1) is 11.1 Å². The molecule has 0 radical (unpaired) electrons. The Labute approximate surface area is 122 Å². The lowest BCUT2D eigenvalue weighted by Crippen LogP contribution is -2.29. The molecule has 0 aliphatic carbocycles. The van der Waals surface area contributed by atoms with Crippen molar-refractivity contribution in [1.82, 2.24) is 14.7 Å². The number of hydrogen-bond donors (Lipinski definition) is 3. The number of sulfonamides is 1. The van der Waals surface area contributed by atoms with Crippen LogP contribution in [0.25, 0.3) is 0 Å². The van der Waals surface area contributed by atoms with E-state index in [1.165, 1.54) is 12.1 Å². The molecule has 0 aliphatic heterocycles. The third kappa shape index (κ3) is 3.12. The van der Waals surface area contributed by atoms with Gasteiger partial charge in [-0.3, -0.25) is 0 Å². The topological polar surface area (TPSA) is 101 Å². The van der Waals surface area contributed by atoms with Crippen molar-refractivity contribution >= 4 is 27.3 Å². The lowest BCUT2D eigenvalue weighted by molar-refractivity contribution is 0.539. The van der Waals surface area contributed by atoms with Crippen molar-refractivity contribution in [3.05, 3.63) is 41.4 Å². The highest BCUT2D eigenvalue weighted by Gasteiger charge is 2.24. The molecule has 0 saturated carbocycles. The molecule has 8 heteroatoms. The fourth-order valence-electron chi connectivity index (χ4n) is 1.78. The van der Waals surface area contributed by atoms with Crippen LogP contribution >= 0.6 is 11.6 Å². The lowest BCUT2D eigenvalue weighted by Gasteiger charge is -2.16. The fourth-order valence-corrected chi connectivity index (χ4v) is 3.60. The van der Waals surface area contributed by atoms with E-state index in [9.17, 15) is 8.42 Å². The standard InChI is InChI=1S/C12H15ClN4O2S/c1-2-10(12-15-5-6-16-12)17-20(18,19)11-7-8(14)3-4-9(11)13/h3-7,10,17H,2,14H2,1H3,(H,15,16). The van der Waals surface area contributed by atoms with E-state index in [0.717, 1.165) is 0 Å². The molecule has 0 saturated heterocycles. The van der Waals surface area contributed by atoms with Crippen molar-refractivity contribution < 1.29 is 8.42 Å². The van der Waals surface area contributed by atoms with Crippen LogP contribution in [-0.4, -0.2) is 18.4 Å². The molecule has 1 atom stereocenters. The average molecular weight is 315 g/mol. The number of aromatic amines is 1. The zero-order valence-corrected chi connectivity index (χ0v) is 12.4. The number of benzene rings is 1. The number of nitrogen functional groups attached to an aromatic ring is 1. The first kappa shape index (κ1) is 14.8. The number of aromatic nitrogens is 2. The van der Waals surface area contributed by atoms with E-state index in [1.54, 1.807) is 18.5 Å². The second kappa shape index (κ2) is 5.82. The number of anilines is 1. The second-order valence-electron chi connectivity index (χ2n) is 4.25. The van der Waals surface area contributed by atoms with Gasteiger partial charge in [0.1, 0.15) is 10.7 Å². The Balaban J connectivity index is 2.33.